The molecule has 1 aliphatic rings. The van der Waals surface area contributed by atoms with Crippen LogP contribution in [0.4, 0.5) is 11.4 Å². The fraction of sp³-hybridized carbons (Fsp3) is 0.429. The van der Waals surface area contributed by atoms with Crippen LogP contribution in [-0.4, -0.2) is 56.2 Å². The molecular formula is C21H27Cl2N5O2. The molecule has 30 heavy (non-hydrogen) atoms. The molecule has 9 heteroatoms. The van der Waals surface area contributed by atoms with Crippen molar-refractivity contribution < 1.29 is 9.57 Å². The zero-order chi connectivity index (χ0) is 21.7. The van der Waals surface area contributed by atoms with Gasteiger partial charge in [0.05, 0.1) is 14.2 Å². The Morgan fingerprint density at radius 3 is 2.33 bits per heavy atom. The van der Waals surface area contributed by atoms with Crippen molar-refractivity contribution >= 4 is 40.5 Å². The number of hydrogen-bond acceptors (Lipinski definition) is 5. The molecule has 1 aromatic carbocycles. The number of benzene rings is 1. The summed E-state index contributed by atoms with van der Waals surface area (Å²) in [4.78, 5) is 18.9. The number of halogens is 2. The van der Waals surface area contributed by atoms with E-state index < -0.39 is 0 Å². The lowest BCUT2D eigenvalue weighted by Gasteiger charge is -2.37. The number of hydrogen-bond donors (Lipinski definition) is 1. The first-order valence-corrected chi connectivity index (χ1v) is 10.6. The van der Waals surface area contributed by atoms with Crippen LogP contribution in [0.2, 0.25) is 10.0 Å². The number of rotatable bonds is 5. The number of nitrogens with one attached hydrogen (secondary N) is 1. The van der Waals surface area contributed by atoms with E-state index in [1.807, 2.05) is 25.1 Å². The summed E-state index contributed by atoms with van der Waals surface area (Å²) < 4.78 is 5.45. The van der Waals surface area contributed by atoms with Crippen LogP contribution in [0.1, 0.15) is 18.2 Å². The molecule has 2 aromatic rings. The summed E-state index contributed by atoms with van der Waals surface area (Å²) in [7, 11) is 3.17. The van der Waals surface area contributed by atoms with Gasteiger partial charge in [-0.3, -0.25) is 4.84 Å². The highest BCUT2D eigenvalue weighted by Crippen LogP contribution is 2.29. The molecule has 162 valence electrons. The maximum absolute atomic E-state index is 6.16. The molecule has 0 unspecified atom stereocenters. The zero-order valence-corrected chi connectivity index (χ0v) is 19.2. The SMILES string of the molecule is CCc1cc(N=C(NOC)N2CCN(c3cc(Cl)cc(Cl)c3)CC2)c(OC)nc1C. The molecule has 0 aliphatic carbocycles. The molecule has 1 saturated heterocycles. The molecule has 1 fully saturated rings. The van der Waals surface area contributed by atoms with E-state index in [1.165, 1.54) is 0 Å². The fourth-order valence-corrected chi connectivity index (χ4v) is 3.98. The average molecular weight is 452 g/mol. The molecule has 7 nitrogen and oxygen atoms in total. The predicted molar refractivity (Wildman–Crippen MR) is 122 cm³/mol. The van der Waals surface area contributed by atoms with Gasteiger partial charge >= 0.3 is 0 Å². The monoisotopic (exact) mass is 451 g/mol. The van der Waals surface area contributed by atoms with Gasteiger partial charge in [-0.05, 0) is 43.2 Å². The molecule has 1 aromatic heterocycles. The molecule has 0 atom stereocenters. The minimum absolute atomic E-state index is 0.493. The van der Waals surface area contributed by atoms with E-state index in [-0.39, 0.29) is 0 Å². The van der Waals surface area contributed by atoms with Crippen molar-refractivity contribution in [3.63, 3.8) is 0 Å². The lowest BCUT2D eigenvalue weighted by molar-refractivity contribution is 0.129. The van der Waals surface area contributed by atoms with Gasteiger partial charge in [-0.15, -0.1) is 0 Å². The summed E-state index contributed by atoms with van der Waals surface area (Å²) >= 11 is 12.3. The van der Waals surface area contributed by atoms with Crippen LogP contribution < -0.4 is 15.1 Å². The highest BCUT2D eigenvalue weighted by molar-refractivity contribution is 6.35. The Morgan fingerprint density at radius 2 is 1.77 bits per heavy atom. The summed E-state index contributed by atoms with van der Waals surface area (Å²) in [6, 6.07) is 7.62. The van der Waals surface area contributed by atoms with E-state index in [0.29, 0.717) is 27.6 Å². The second-order valence-electron chi connectivity index (χ2n) is 6.96. The van der Waals surface area contributed by atoms with E-state index in [1.54, 1.807) is 20.3 Å². The lowest BCUT2D eigenvalue weighted by atomic mass is 10.1. The number of piperazine rings is 1. The van der Waals surface area contributed by atoms with Gasteiger partial charge in [0.15, 0.2) is 0 Å². The number of hydroxylamine groups is 1. The molecule has 0 amide bonds. The number of aromatic nitrogens is 1. The fourth-order valence-electron chi connectivity index (χ4n) is 3.46. The van der Waals surface area contributed by atoms with E-state index in [0.717, 1.165) is 49.5 Å². The topological polar surface area (TPSA) is 62.2 Å². The molecule has 0 radical (unpaired) electrons. The Kier molecular flexibility index (Phi) is 7.64. The summed E-state index contributed by atoms with van der Waals surface area (Å²) in [5.74, 6) is 1.11. The van der Waals surface area contributed by atoms with Crippen LogP contribution >= 0.6 is 23.2 Å². The largest absolute Gasteiger partial charge is 0.479 e. The van der Waals surface area contributed by atoms with E-state index in [4.69, 9.17) is 37.8 Å². The summed E-state index contributed by atoms with van der Waals surface area (Å²) in [6.45, 7) is 7.17. The maximum Gasteiger partial charge on any atom is 0.240 e. The number of aryl methyl sites for hydroxylation is 2. The number of ether oxygens (including phenoxy) is 1. The molecule has 0 bridgehead atoms. The van der Waals surface area contributed by atoms with Crippen LogP contribution in [-0.2, 0) is 11.3 Å². The third-order valence-corrected chi connectivity index (χ3v) is 5.49. The van der Waals surface area contributed by atoms with Crippen molar-refractivity contribution in [2.24, 2.45) is 4.99 Å². The summed E-state index contributed by atoms with van der Waals surface area (Å²) in [5, 5.41) is 1.27. The molecule has 2 heterocycles. The van der Waals surface area contributed by atoms with Crippen LogP contribution in [0.15, 0.2) is 29.3 Å². The predicted octanol–water partition coefficient (Wildman–Crippen LogP) is 4.23. The zero-order valence-electron chi connectivity index (χ0n) is 17.7. The quantitative estimate of drug-likeness (QED) is 0.416. The second kappa shape index (κ2) is 10.2. The Hall–Kier alpha value is -2.22. The normalized spacial score (nSPS) is 14.8. The van der Waals surface area contributed by atoms with Crippen molar-refractivity contribution in [1.82, 2.24) is 15.4 Å². The number of methoxy groups -OCH3 is 1. The minimum atomic E-state index is 0.493. The maximum atomic E-state index is 6.16. The standard InChI is InChI=1S/C21H27Cl2N5O2/c1-5-15-10-19(20(29-3)24-14(15)2)25-21(26-30-4)28-8-6-27(7-9-28)18-12-16(22)11-17(23)13-18/h10-13H,5-9H2,1-4H3,(H,25,26). The molecule has 0 saturated carbocycles. The van der Waals surface area contributed by atoms with Crippen LogP contribution in [0.5, 0.6) is 5.88 Å². The number of aliphatic imine (C=N–C) groups is 1. The first-order valence-electron chi connectivity index (χ1n) is 9.83. The molecular weight excluding hydrogens is 425 g/mol. The Labute approximate surface area is 187 Å². The highest BCUT2D eigenvalue weighted by Gasteiger charge is 2.22. The smallest absolute Gasteiger partial charge is 0.240 e. The average Bonchev–Trinajstić information content (AvgIpc) is 2.73. The second-order valence-corrected chi connectivity index (χ2v) is 7.83. The first kappa shape index (κ1) is 22.5. The summed E-state index contributed by atoms with van der Waals surface area (Å²) in [6.07, 6.45) is 0.874. The van der Waals surface area contributed by atoms with Gasteiger partial charge in [0.1, 0.15) is 5.69 Å². The van der Waals surface area contributed by atoms with Gasteiger partial charge in [0, 0.05) is 47.6 Å². The Balaban J connectivity index is 1.81. The van der Waals surface area contributed by atoms with E-state index in [9.17, 15) is 0 Å². The van der Waals surface area contributed by atoms with Gasteiger partial charge in [-0.25, -0.2) is 15.5 Å². The van der Waals surface area contributed by atoms with Gasteiger partial charge in [0.2, 0.25) is 11.8 Å². The Bertz CT molecular complexity index is 894. The van der Waals surface area contributed by atoms with E-state index >= 15 is 0 Å². The number of guanidine groups is 1. The molecule has 0 spiro atoms. The van der Waals surface area contributed by atoms with Crippen LogP contribution in [0, 0.1) is 6.92 Å². The molecule has 3 rings (SSSR count). The highest BCUT2D eigenvalue weighted by atomic mass is 35.5. The van der Waals surface area contributed by atoms with Crippen molar-refractivity contribution in [1.29, 1.82) is 0 Å². The molecule has 1 aliphatic heterocycles. The van der Waals surface area contributed by atoms with Gasteiger partial charge in [-0.1, -0.05) is 30.1 Å². The van der Waals surface area contributed by atoms with Gasteiger partial charge in [0.25, 0.3) is 0 Å². The van der Waals surface area contributed by atoms with Crippen molar-refractivity contribution in [3.05, 3.63) is 45.6 Å². The van der Waals surface area contributed by atoms with Crippen molar-refractivity contribution in [3.8, 4) is 5.88 Å². The minimum Gasteiger partial charge on any atom is -0.479 e. The van der Waals surface area contributed by atoms with Crippen LogP contribution in [0.3, 0.4) is 0 Å². The number of nitrogens with zero attached hydrogens (tertiary/aromatic N) is 4. The van der Waals surface area contributed by atoms with E-state index in [2.05, 4.69) is 27.2 Å². The number of anilines is 1. The van der Waals surface area contributed by atoms with Crippen molar-refractivity contribution in [2.75, 3.05) is 45.3 Å². The third kappa shape index (κ3) is 5.28. The molecule has 1 N–H and O–H groups in total. The third-order valence-electron chi connectivity index (χ3n) is 5.05. The lowest BCUT2D eigenvalue weighted by Crippen LogP contribution is -2.52. The first-order chi connectivity index (χ1) is 14.4. The van der Waals surface area contributed by atoms with Gasteiger partial charge in [-0.2, -0.15) is 0 Å². The summed E-state index contributed by atoms with van der Waals surface area (Å²) in [5.41, 5.74) is 6.68. The van der Waals surface area contributed by atoms with Gasteiger partial charge < -0.3 is 14.5 Å². The van der Waals surface area contributed by atoms with Crippen LogP contribution in [0.25, 0.3) is 0 Å². The Morgan fingerprint density at radius 1 is 1.10 bits per heavy atom. The van der Waals surface area contributed by atoms with Crippen molar-refractivity contribution in [2.45, 2.75) is 20.3 Å². The number of pyridine rings is 1.